The summed E-state index contributed by atoms with van der Waals surface area (Å²) in [5.74, 6) is 0.0495. The lowest BCUT2D eigenvalue weighted by Gasteiger charge is -2.09. The smallest absolute Gasteiger partial charge is 0.266 e. The van der Waals surface area contributed by atoms with E-state index in [-0.39, 0.29) is 10.8 Å². The Bertz CT molecular complexity index is 918. The number of hydrogen-bond acceptors (Lipinski definition) is 6. The molecule has 3 rings (SSSR count). The molecule has 108 valence electrons. The van der Waals surface area contributed by atoms with Crippen molar-refractivity contribution >= 4 is 32.5 Å². The van der Waals surface area contributed by atoms with Crippen molar-refractivity contribution in [2.24, 2.45) is 0 Å². The molecule has 8 heteroatoms. The molecule has 0 aliphatic carbocycles. The number of nitrogens with two attached hydrogens (primary N) is 1. The van der Waals surface area contributed by atoms with Crippen LogP contribution in [0, 0.1) is 6.92 Å². The number of aryl methyl sites for hydroxylation is 1. The highest BCUT2D eigenvalue weighted by Gasteiger charge is 2.21. The van der Waals surface area contributed by atoms with Gasteiger partial charge in [0.15, 0.2) is 0 Å². The Hall–Kier alpha value is -2.61. The fourth-order valence-electron chi connectivity index (χ4n) is 1.98. The molecule has 21 heavy (non-hydrogen) atoms. The molecule has 0 amide bonds. The van der Waals surface area contributed by atoms with Crippen molar-refractivity contribution in [3.8, 4) is 0 Å². The number of nitrogen functional groups attached to an aromatic ring is 1. The Morgan fingerprint density at radius 3 is 2.81 bits per heavy atom. The summed E-state index contributed by atoms with van der Waals surface area (Å²) in [6.45, 7) is 1.70. The van der Waals surface area contributed by atoms with E-state index in [0.29, 0.717) is 22.3 Å². The van der Waals surface area contributed by atoms with Gasteiger partial charge in [-0.05, 0) is 31.2 Å². The van der Waals surface area contributed by atoms with Gasteiger partial charge in [-0.25, -0.2) is 13.1 Å². The van der Waals surface area contributed by atoms with Gasteiger partial charge in [-0.2, -0.15) is 0 Å². The van der Waals surface area contributed by atoms with Gasteiger partial charge in [0.25, 0.3) is 10.0 Å². The normalized spacial score (nSPS) is 11.7. The summed E-state index contributed by atoms with van der Waals surface area (Å²) >= 11 is 0. The van der Waals surface area contributed by atoms with E-state index in [0.717, 1.165) is 0 Å². The second kappa shape index (κ2) is 4.74. The maximum absolute atomic E-state index is 12.5. The molecule has 0 atom stereocenters. The molecule has 2 aromatic heterocycles. The van der Waals surface area contributed by atoms with Crippen LogP contribution < -0.4 is 10.5 Å². The minimum Gasteiger partial charge on any atom is -0.398 e. The number of hydrogen-bond donors (Lipinski definition) is 2. The highest BCUT2D eigenvalue weighted by Crippen LogP contribution is 2.27. The molecular weight excluding hydrogens is 292 g/mol. The van der Waals surface area contributed by atoms with Crippen molar-refractivity contribution < 1.29 is 12.9 Å². The highest BCUT2D eigenvalue weighted by molar-refractivity contribution is 7.93. The first-order valence-corrected chi connectivity index (χ1v) is 7.55. The number of anilines is 2. The molecule has 0 fully saturated rings. The van der Waals surface area contributed by atoms with Gasteiger partial charge >= 0.3 is 0 Å². The first kappa shape index (κ1) is 13.4. The number of nitrogens with zero attached hydrogens (tertiary/aromatic N) is 2. The third-order valence-electron chi connectivity index (χ3n) is 2.92. The second-order valence-corrected chi connectivity index (χ2v) is 6.14. The molecule has 0 radical (unpaired) electrons. The Morgan fingerprint density at radius 2 is 2.10 bits per heavy atom. The van der Waals surface area contributed by atoms with E-state index >= 15 is 0 Å². The summed E-state index contributed by atoms with van der Waals surface area (Å²) in [6, 6.07) is 7.85. The number of aromatic nitrogens is 2. The van der Waals surface area contributed by atoms with Crippen molar-refractivity contribution in [3.63, 3.8) is 0 Å². The lowest BCUT2D eigenvalue weighted by atomic mass is 10.2. The summed E-state index contributed by atoms with van der Waals surface area (Å²) < 4.78 is 32.1. The summed E-state index contributed by atoms with van der Waals surface area (Å²) in [5.41, 5.74) is 7.19. The molecule has 0 saturated carbocycles. The highest BCUT2D eigenvalue weighted by atomic mass is 32.2. The van der Waals surface area contributed by atoms with E-state index in [2.05, 4.69) is 14.9 Å². The maximum atomic E-state index is 12.5. The van der Waals surface area contributed by atoms with Crippen molar-refractivity contribution in [1.82, 2.24) is 10.1 Å². The van der Waals surface area contributed by atoms with Crippen LogP contribution in [0.15, 0.2) is 45.9 Å². The zero-order valence-corrected chi connectivity index (χ0v) is 11.9. The molecule has 1 aromatic carbocycles. The van der Waals surface area contributed by atoms with Crippen LogP contribution in [0.25, 0.3) is 10.9 Å². The summed E-state index contributed by atoms with van der Waals surface area (Å²) in [5, 5.41) is 4.21. The van der Waals surface area contributed by atoms with Gasteiger partial charge in [-0.15, -0.1) is 0 Å². The third-order valence-corrected chi connectivity index (χ3v) is 4.30. The van der Waals surface area contributed by atoms with E-state index in [1.54, 1.807) is 19.1 Å². The largest absolute Gasteiger partial charge is 0.398 e. The fourth-order valence-corrected chi connectivity index (χ4v) is 3.12. The Morgan fingerprint density at radius 1 is 1.29 bits per heavy atom. The molecular formula is C13H12N4O3S. The predicted molar refractivity (Wildman–Crippen MR) is 78.2 cm³/mol. The molecule has 0 aliphatic heterocycles. The van der Waals surface area contributed by atoms with Crippen LogP contribution in [0.5, 0.6) is 0 Å². The van der Waals surface area contributed by atoms with Crippen molar-refractivity contribution in [1.29, 1.82) is 0 Å². The van der Waals surface area contributed by atoms with Crippen LogP contribution in [0.3, 0.4) is 0 Å². The maximum Gasteiger partial charge on any atom is 0.266 e. The first-order chi connectivity index (χ1) is 9.97. The van der Waals surface area contributed by atoms with Gasteiger partial charge in [0.05, 0.1) is 11.2 Å². The average molecular weight is 304 g/mol. The van der Waals surface area contributed by atoms with E-state index in [1.807, 2.05) is 0 Å². The molecule has 0 bridgehead atoms. The molecule has 3 N–H and O–H groups in total. The van der Waals surface area contributed by atoms with E-state index in [9.17, 15) is 8.42 Å². The lowest BCUT2D eigenvalue weighted by Crippen LogP contribution is -2.13. The minimum atomic E-state index is -3.85. The zero-order valence-electron chi connectivity index (χ0n) is 11.1. The molecule has 0 saturated heterocycles. The van der Waals surface area contributed by atoms with Crippen LogP contribution in [0.4, 0.5) is 11.6 Å². The zero-order chi connectivity index (χ0) is 15.0. The topological polar surface area (TPSA) is 111 Å². The molecule has 2 heterocycles. The number of sulfonamides is 1. The fraction of sp³-hybridized carbons (Fsp3) is 0.0769. The quantitative estimate of drug-likeness (QED) is 0.715. The Labute approximate surface area is 120 Å². The minimum absolute atomic E-state index is 0.0290. The lowest BCUT2D eigenvalue weighted by molar-refractivity contribution is 0.430. The van der Waals surface area contributed by atoms with Gasteiger partial charge in [-0.1, -0.05) is 5.16 Å². The third kappa shape index (κ3) is 2.40. The number of rotatable bonds is 3. The molecule has 0 aliphatic rings. The van der Waals surface area contributed by atoms with E-state index in [1.165, 1.54) is 24.4 Å². The predicted octanol–water partition coefficient (Wildman–Crippen LogP) is 1.91. The van der Waals surface area contributed by atoms with Gasteiger partial charge in [0.2, 0.25) is 5.88 Å². The van der Waals surface area contributed by atoms with Crippen LogP contribution in [-0.2, 0) is 10.0 Å². The van der Waals surface area contributed by atoms with Gasteiger partial charge < -0.3 is 10.3 Å². The number of benzene rings is 1. The van der Waals surface area contributed by atoms with E-state index in [4.69, 9.17) is 10.3 Å². The summed E-state index contributed by atoms with van der Waals surface area (Å²) in [6.07, 6.45) is 1.51. The van der Waals surface area contributed by atoms with E-state index < -0.39 is 10.0 Å². The molecule has 0 unspecified atom stereocenters. The first-order valence-electron chi connectivity index (χ1n) is 6.07. The van der Waals surface area contributed by atoms with Crippen LogP contribution in [0.2, 0.25) is 0 Å². The number of pyridine rings is 1. The van der Waals surface area contributed by atoms with Gasteiger partial charge in [0.1, 0.15) is 4.90 Å². The van der Waals surface area contributed by atoms with Crippen molar-refractivity contribution in [2.45, 2.75) is 11.8 Å². The Balaban J connectivity index is 2.13. The van der Waals surface area contributed by atoms with Crippen LogP contribution >= 0.6 is 0 Å². The monoisotopic (exact) mass is 304 g/mol. The summed E-state index contributed by atoms with van der Waals surface area (Å²) in [7, 11) is -3.85. The molecule has 0 spiro atoms. The van der Waals surface area contributed by atoms with Crippen LogP contribution in [-0.4, -0.2) is 18.6 Å². The average Bonchev–Trinajstić information content (AvgIpc) is 2.83. The Kier molecular flexibility index (Phi) is 3.02. The van der Waals surface area contributed by atoms with Crippen molar-refractivity contribution in [2.75, 3.05) is 10.5 Å². The number of nitrogens with one attached hydrogen (secondary N) is 1. The van der Waals surface area contributed by atoms with Gasteiger partial charge in [0, 0.05) is 23.3 Å². The van der Waals surface area contributed by atoms with Crippen molar-refractivity contribution in [3.05, 3.63) is 42.2 Å². The molecule has 7 nitrogen and oxygen atoms in total. The summed E-state index contributed by atoms with van der Waals surface area (Å²) in [4.78, 5) is 4.14. The van der Waals surface area contributed by atoms with Crippen LogP contribution in [0.1, 0.15) is 5.69 Å². The SMILES string of the molecule is Cc1cc(NS(=O)(=O)c2ccc(N)c3cccnc23)on1. The van der Waals surface area contributed by atoms with Gasteiger partial charge in [-0.3, -0.25) is 4.98 Å². The second-order valence-electron chi connectivity index (χ2n) is 4.49. The number of fused-ring (bicyclic) bond motifs is 1. The standard InChI is InChI=1S/C13H12N4O3S/c1-8-7-12(20-16-8)17-21(18,19)11-5-4-10(14)9-3-2-6-15-13(9)11/h2-7,17H,14H2,1H3. The molecule has 3 aromatic rings.